The number of carbonyl (C=O) groups is 1. The number of carbonyl (C=O) groups excluding carboxylic acids is 1. The normalized spacial score (nSPS) is 35.5. The average molecular weight is 154 g/mol. The minimum atomic E-state index is 0.273. The van der Waals surface area contributed by atoms with Gasteiger partial charge in [0.1, 0.15) is 6.29 Å². The highest BCUT2D eigenvalue weighted by Gasteiger charge is 2.44. The van der Waals surface area contributed by atoms with Gasteiger partial charge >= 0.3 is 0 Å². The summed E-state index contributed by atoms with van der Waals surface area (Å²) in [6.07, 6.45) is 5.60. The van der Waals surface area contributed by atoms with Gasteiger partial charge in [0.25, 0.3) is 0 Å². The third-order valence-corrected chi connectivity index (χ3v) is 3.70. The average Bonchev–Trinajstić information content (AvgIpc) is 2.09. The monoisotopic (exact) mass is 154 g/mol. The van der Waals surface area contributed by atoms with Gasteiger partial charge in [-0.3, -0.25) is 0 Å². The molecule has 0 amide bonds. The van der Waals surface area contributed by atoms with Crippen molar-refractivity contribution in [2.24, 2.45) is 10.8 Å². The molecule has 1 heteroatoms. The molecule has 0 heterocycles. The minimum Gasteiger partial charge on any atom is -0.303 e. The van der Waals surface area contributed by atoms with Crippen molar-refractivity contribution in [3.05, 3.63) is 0 Å². The Morgan fingerprint density at radius 1 is 1.27 bits per heavy atom. The highest BCUT2D eigenvalue weighted by atomic mass is 16.1. The summed E-state index contributed by atoms with van der Waals surface area (Å²) in [5, 5.41) is 0. The molecule has 0 N–H and O–H groups in total. The lowest BCUT2D eigenvalue weighted by atomic mass is 9.68. The van der Waals surface area contributed by atoms with Crippen molar-refractivity contribution in [3.8, 4) is 0 Å². The van der Waals surface area contributed by atoms with E-state index >= 15 is 0 Å². The molecule has 0 aromatic rings. The minimum absolute atomic E-state index is 0.273. The third kappa shape index (κ3) is 1.33. The highest BCUT2D eigenvalue weighted by Crippen LogP contribution is 2.53. The van der Waals surface area contributed by atoms with Crippen LogP contribution in [-0.4, -0.2) is 6.29 Å². The van der Waals surface area contributed by atoms with E-state index in [1.807, 2.05) is 0 Å². The first-order valence-corrected chi connectivity index (χ1v) is 4.45. The molecule has 1 atom stereocenters. The van der Waals surface area contributed by atoms with Crippen LogP contribution in [0.25, 0.3) is 0 Å². The summed E-state index contributed by atoms with van der Waals surface area (Å²) in [6, 6.07) is 0. The fourth-order valence-corrected chi connectivity index (χ4v) is 2.12. The van der Waals surface area contributed by atoms with Crippen molar-refractivity contribution in [1.82, 2.24) is 0 Å². The Bertz CT molecular complexity index is 160. The van der Waals surface area contributed by atoms with Gasteiger partial charge in [-0.25, -0.2) is 0 Å². The Kier molecular flexibility index (Phi) is 2.08. The van der Waals surface area contributed by atoms with E-state index in [2.05, 4.69) is 20.8 Å². The van der Waals surface area contributed by atoms with E-state index in [1.54, 1.807) is 0 Å². The maximum absolute atomic E-state index is 10.5. The summed E-state index contributed by atoms with van der Waals surface area (Å²) in [5.41, 5.74) is 0.642. The largest absolute Gasteiger partial charge is 0.303 e. The molecule has 1 saturated carbocycles. The second kappa shape index (κ2) is 2.62. The first-order valence-electron chi connectivity index (χ1n) is 4.45. The van der Waals surface area contributed by atoms with Crippen LogP contribution in [0.15, 0.2) is 0 Å². The second-order valence-electron chi connectivity index (χ2n) is 4.67. The van der Waals surface area contributed by atoms with Crippen LogP contribution in [0.1, 0.15) is 46.5 Å². The number of hydrogen-bond acceptors (Lipinski definition) is 1. The van der Waals surface area contributed by atoms with Crippen LogP contribution in [0.5, 0.6) is 0 Å². The lowest BCUT2D eigenvalue weighted by Gasteiger charge is -2.37. The smallest absolute Gasteiger partial charge is 0.120 e. The number of rotatable bonds is 2. The van der Waals surface area contributed by atoms with Gasteiger partial charge < -0.3 is 4.79 Å². The van der Waals surface area contributed by atoms with E-state index in [4.69, 9.17) is 0 Å². The summed E-state index contributed by atoms with van der Waals surface area (Å²) in [6.45, 7) is 6.81. The summed E-state index contributed by atoms with van der Waals surface area (Å²) in [7, 11) is 0. The van der Waals surface area contributed by atoms with Crippen molar-refractivity contribution >= 4 is 6.29 Å². The van der Waals surface area contributed by atoms with E-state index in [-0.39, 0.29) is 5.41 Å². The first kappa shape index (κ1) is 8.76. The van der Waals surface area contributed by atoms with Gasteiger partial charge in [0.2, 0.25) is 0 Å². The molecule has 1 fully saturated rings. The molecule has 0 spiro atoms. The van der Waals surface area contributed by atoms with Crippen molar-refractivity contribution in [2.75, 3.05) is 0 Å². The molecule has 1 aliphatic carbocycles. The molecule has 0 aromatic heterocycles. The van der Waals surface area contributed by atoms with Crippen molar-refractivity contribution in [2.45, 2.75) is 46.5 Å². The van der Waals surface area contributed by atoms with Crippen LogP contribution in [0.4, 0.5) is 0 Å². The SMILES string of the molecule is CC1(C)CCC[C@@]1(C)CC=O. The number of aldehydes is 1. The van der Waals surface area contributed by atoms with Gasteiger partial charge in [-0.1, -0.05) is 27.2 Å². The molecule has 0 bridgehead atoms. The van der Waals surface area contributed by atoms with E-state index in [1.165, 1.54) is 19.3 Å². The van der Waals surface area contributed by atoms with Gasteiger partial charge in [0.15, 0.2) is 0 Å². The Hall–Kier alpha value is -0.330. The summed E-state index contributed by atoms with van der Waals surface area (Å²) < 4.78 is 0. The molecule has 1 rings (SSSR count). The molecular formula is C10H18O. The van der Waals surface area contributed by atoms with Crippen LogP contribution in [0.2, 0.25) is 0 Å². The predicted molar refractivity (Wildman–Crippen MR) is 46.4 cm³/mol. The zero-order chi connectivity index (χ0) is 8.54. The van der Waals surface area contributed by atoms with Crippen molar-refractivity contribution in [1.29, 1.82) is 0 Å². The van der Waals surface area contributed by atoms with Crippen LogP contribution >= 0.6 is 0 Å². The fourth-order valence-electron chi connectivity index (χ4n) is 2.12. The molecule has 64 valence electrons. The maximum Gasteiger partial charge on any atom is 0.120 e. The van der Waals surface area contributed by atoms with Crippen LogP contribution in [0, 0.1) is 10.8 Å². The lowest BCUT2D eigenvalue weighted by molar-refractivity contribution is -0.111. The molecule has 0 unspecified atom stereocenters. The summed E-state index contributed by atoms with van der Waals surface area (Å²) in [5.74, 6) is 0. The van der Waals surface area contributed by atoms with E-state index in [0.29, 0.717) is 5.41 Å². The molecule has 1 nitrogen and oxygen atoms in total. The molecule has 1 aliphatic rings. The molecule has 11 heavy (non-hydrogen) atoms. The number of hydrogen-bond donors (Lipinski definition) is 0. The standard InChI is InChI=1S/C10H18O/c1-9(2)5-4-6-10(9,3)7-8-11/h8H,4-7H2,1-3H3/t10-/m0/s1. The Labute approximate surface area is 69.2 Å². The van der Waals surface area contributed by atoms with Crippen molar-refractivity contribution in [3.63, 3.8) is 0 Å². The predicted octanol–water partition coefficient (Wildman–Crippen LogP) is 2.79. The first-order chi connectivity index (χ1) is 5.02. The Balaban J connectivity index is 2.75. The Morgan fingerprint density at radius 2 is 1.91 bits per heavy atom. The molecule has 0 aliphatic heterocycles. The van der Waals surface area contributed by atoms with Gasteiger partial charge in [-0.05, 0) is 23.7 Å². The third-order valence-electron chi connectivity index (χ3n) is 3.70. The fraction of sp³-hybridized carbons (Fsp3) is 0.900. The van der Waals surface area contributed by atoms with E-state index in [0.717, 1.165) is 12.7 Å². The molecular weight excluding hydrogens is 136 g/mol. The van der Waals surface area contributed by atoms with Crippen LogP contribution in [0.3, 0.4) is 0 Å². The lowest BCUT2D eigenvalue weighted by Crippen LogP contribution is -2.29. The van der Waals surface area contributed by atoms with Gasteiger partial charge in [-0.2, -0.15) is 0 Å². The zero-order valence-corrected chi connectivity index (χ0v) is 7.81. The van der Waals surface area contributed by atoms with Gasteiger partial charge in [0, 0.05) is 6.42 Å². The van der Waals surface area contributed by atoms with Crippen molar-refractivity contribution < 1.29 is 4.79 Å². The highest BCUT2D eigenvalue weighted by molar-refractivity contribution is 5.51. The van der Waals surface area contributed by atoms with Crippen LogP contribution in [-0.2, 0) is 4.79 Å². The van der Waals surface area contributed by atoms with Gasteiger partial charge in [0.05, 0.1) is 0 Å². The summed E-state index contributed by atoms with van der Waals surface area (Å²) in [4.78, 5) is 10.5. The zero-order valence-electron chi connectivity index (χ0n) is 7.81. The molecule has 0 aromatic carbocycles. The summed E-state index contributed by atoms with van der Waals surface area (Å²) >= 11 is 0. The van der Waals surface area contributed by atoms with E-state index < -0.39 is 0 Å². The molecule has 0 saturated heterocycles. The quantitative estimate of drug-likeness (QED) is 0.559. The maximum atomic E-state index is 10.5. The van der Waals surface area contributed by atoms with Crippen LogP contribution < -0.4 is 0 Å². The molecule has 0 radical (unpaired) electrons. The topological polar surface area (TPSA) is 17.1 Å². The Morgan fingerprint density at radius 3 is 2.27 bits per heavy atom. The van der Waals surface area contributed by atoms with E-state index in [9.17, 15) is 4.79 Å². The second-order valence-corrected chi connectivity index (χ2v) is 4.67. The van der Waals surface area contributed by atoms with Gasteiger partial charge in [-0.15, -0.1) is 0 Å².